The molecule has 0 atom stereocenters. The maximum Gasteiger partial charge on any atom is 0.331 e. The zero-order chi connectivity index (χ0) is 11.7. The Morgan fingerprint density at radius 1 is 1.44 bits per heavy atom. The van der Waals surface area contributed by atoms with Gasteiger partial charge in [-0.05, 0) is 18.6 Å². The number of aromatic nitrogens is 1. The van der Waals surface area contributed by atoms with Gasteiger partial charge in [0.1, 0.15) is 0 Å². The number of benzene rings is 1. The molecule has 1 aromatic carbocycles. The first-order chi connectivity index (χ1) is 7.59. The summed E-state index contributed by atoms with van der Waals surface area (Å²) < 4.78 is 0. The van der Waals surface area contributed by atoms with E-state index >= 15 is 0 Å². The number of aliphatic carboxylic acids is 1. The van der Waals surface area contributed by atoms with Crippen LogP contribution < -0.4 is 0 Å². The van der Waals surface area contributed by atoms with Crippen molar-refractivity contribution in [2.45, 2.75) is 13.3 Å². The number of para-hydroxylation sites is 1. The number of H-pyrrole nitrogens is 1. The lowest BCUT2D eigenvalue weighted by Gasteiger charge is -2.01. The molecule has 1 aromatic heterocycles. The van der Waals surface area contributed by atoms with Gasteiger partial charge in [0.2, 0.25) is 0 Å². The first-order valence-corrected chi connectivity index (χ1v) is 5.07. The maximum atomic E-state index is 10.8. The number of aromatic amines is 1. The van der Waals surface area contributed by atoms with E-state index in [1.54, 1.807) is 0 Å². The van der Waals surface area contributed by atoms with E-state index in [1.165, 1.54) is 0 Å². The average Bonchev–Trinajstić information content (AvgIpc) is 2.55. The first kappa shape index (κ1) is 10.5. The minimum absolute atomic E-state index is 0.216. The van der Waals surface area contributed by atoms with Gasteiger partial charge in [-0.3, -0.25) is 0 Å². The van der Waals surface area contributed by atoms with Gasteiger partial charge in [0, 0.05) is 28.6 Å². The van der Waals surface area contributed by atoms with Crippen LogP contribution in [0.25, 0.3) is 10.9 Å². The second-order valence-electron chi connectivity index (χ2n) is 3.86. The smallest absolute Gasteiger partial charge is 0.331 e. The Hall–Kier alpha value is -2.03. The fraction of sp³-hybridized carbons (Fsp3) is 0.154. The van der Waals surface area contributed by atoms with E-state index in [4.69, 9.17) is 5.11 Å². The van der Waals surface area contributed by atoms with Crippen LogP contribution in [-0.4, -0.2) is 16.1 Å². The number of fused-ring (bicyclic) bond motifs is 1. The lowest BCUT2D eigenvalue weighted by molar-refractivity contribution is -0.132. The van der Waals surface area contributed by atoms with Gasteiger partial charge in [0.25, 0.3) is 0 Å². The van der Waals surface area contributed by atoms with Crippen LogP contribution in [0, 0.1) is 6.92 Å². The van der Waals surface area contributed by atoms with Crippen LogP contribution in [0.15, 0.2) is 36.4 Å². The Morgan fingerprint density at radius 3 is 2.81 bits per heavy atom. The zero-order valence-electron chi connectivity index (χ0n) is 9.08. The molecule has 0 amide bonds. The van der Waals surface area contributed by atoms with Crippen molar-refractivity contribution in [3.05, 3.63) is 47.7 Å². The number of rotatable bonds is 3. The summed E-state index contributed by atoms with van der Waals surface area (Å²) in [5.74, 6) is -0.940. The average molecular weight is 215 g/mol. The number of carboxylic acid groups (broad SMARTS) is 1. The van der Waals surface area contributed by atoms with E-state index in [0.29, 0.717) is 6.42 Å². The molecule has 0 aliphatic rings. The molecule has 16 heavy (non-hydrogen) atoms. The van der Waals surface area contributed by atoms with Crippen molar-refractivity contribution in [3.63, 3.8) is 0 Å². The number of carboxylic acids is 1. The molecule has 1 heterocycles. The number of nitrogens with one attached hydrogen (secondary N) is 1. The topological polar surface area (TPSA) is 53.1 Å². The van der Waals surface area contributed by atoms with Crippen LogP contribution in [0.2, 0.25) is 0 Å². The number of hydrogen-bond donors (Lipinski definition) is 2. The minimum Gasteiger partial charge on any atom is -0.478 e. The molecule has 2 N–H and O–H groups in total. The number of aryl methyl sites for hydroxylation is 1. The SMILES string of the molecule is C=C(Cc1c(C)[nH]c2ccccc12)C(=O)O. The second-order valence-corrected chi connectivity index (χ2v) is 3.86. The van der Waals surface area contributed by atoms with Gasteiger partial charge >= 0.3 is 5.97 Å². The lowest BCUT2D eigenvalue weighted by atomic mass is 10.0. The summed E-state index contributed by atoms with van der Waals surface area (Å²) in [5.41, 5.74) is 3.27. The summed E-state index contributed by atoms with van der Waals surface area (Å²) in [6, 6.07) is 7.87. The molecule has 2 rings (SSSR count). The number of carbonyl (C=O) groups is 1. The predicted octanol–water partition coefficient (Wildman–Crippen LogP) is 2.66. The van der Waals surface area contributed by atoms with Crippen molar-refractivity contribution < 1.29 is 9.90 Å². The Balaban J connectivity index is 2.47. The van der Waals surface area contributed by atoms with Gasteiger partial charge in [-0.15, -0.1) is 0 Å². The van der Waals surface area contributed by atoms with E-state index < -0.39 is 5.97 Å². The summed E-state index contributed by atoms with van der Waals surface area (Å²) >= 11 is 0. The Labute approximate surface area is 93.4 Å². The highest BCUT2D eigenvalue weighted by molar-refractivity contribution is 5.90. The minimum atomic E-state index is -0.940. The van der Waals surface area contributed by atoms with Crippen molar-refractivity contribution in [1.82, 2.24) is 4.98 Å². The van der Waals surface area contributed by atoms with Gasteiger partial charge in [-0.1, -0.05) is 24.8 Å². The summed E-state index contributed by atoms with van der Waals surface area (Å²) in [5, 5.41) is 9.91. The van der Waals surface area contributed by atoms with Gasteiger partial charge in [-0.2, -0.15) is 0 Å². The van der Waals surface area contributed by atoms with Crippen molar-refractivity contribution in [2.75, 3.05) is 0 Å². The normalized spacial score (nSPS) is 10.6. The van der Waals surface area contributed by atoms with Crippen LogP contribution in [0.4, 0.5) is 0 Å². The van der Waals surface area contributed by atoms with Crippen LogP contribution in [0.3, 0.4) is 0 Å². The lowest BCUT2D eigenvalue weighted by Crippen LogP contribution is -2.02. The number of hydrogen-bond acceptors (Lipinski definition) is 1. The zero-order valence-corrected chi connectivity index (χ0v) is 9.08. The monoisotopic (exact) mass is 215 g/mol. The van der Waals surface area contributed by atoms with E-state index in [1.807, 2.05) is 31.2 Å². The van der Waals surface area contributed by atoms with Crippen LogP contribution >= 0.6 is 0 Å². The molecule has 0 spiro atoms. The fourth-order valence-electron chi connectivity index (χ4n) is 1.85. The van der Waals surface area contributed by atoms with E-state index in [2.05, 4.69) is 11.6 Å². The largest absolute Gasteiger partial charge is 0.478 e. The van der Waals surface area contributed by atoms with E-state index in [9.17, 15) is 4.79 Å². The molecule has 82 valence electrons. The fourth-order valence-corrected chi connectivity index (χ4v) is 1.85. The molecule has 2 aromatic rings. The third-order valence-electron chi connectivity index (χ3n) is 2.72. The Morgan fingerprint density at radius 2 is 2.12 bits per heavy atom. The van der Waals surface area contributed by atoms with Crippen molar-refractivity contribution in [1.29, 1.82) is 0 Å². The van der Waals surface area contributed by atoms with Gasteiger partial charge in [0.05, 0.1) is 0 Å². The molecule has 0 aliphatic carbocycles. The second kappa shape index (κ2) is 3.85. The maximum absolute atomic E-state index is 10.8. The highest BCUT2D eigenvalue weighted by atomic mass is 16.4. The molecule has 0 aliphatic heterocycles. The molecular formula is C13H13NO2. The molecule has 0 fully saturated rings. The van der Waals surface area contributed by atoms with Crippen molar-refractivity contribution >= 4 is 16.9 Å². The molecular weight excluding hydrogens is 202 g/mol. The summed E-state index contributed by atoms with van der Waals surface area (Å²) in [6.07, 6.45) is 0.380. The molecule has 3 nitrogen and oxygen atoms in total. The molecule has 0 radical (unpaired) electrons. The summed E-state index contributed by atoms with van der Waals surface area (Å²) in [6.45, 7) is 5.51. The molecule has 3 heteroatoms. The predicted molar refractivity (Wildman–Crippen MR) is 63.5 cm³/mol. The van der Waals surface area contributed by atoms with Gasteiger partial charge < -0.3 is 10.1 Å². The summed E-state index contributed by atoms with van der Waals surface area (Å²) in [7, 11) is 0. The van der Waals surface area contributed by atoms with Gasteiger partial charge in [-0.25, -0.2) is 4.79 Å². The van der Waals surface area contributed by atoms with E-state index in [0.717, 1.165) is 22.2 Å². The quantitative estimate of drug-likeness (QED) is 0.773. The van der Waals surface area contributed by atoms with Crippen LogP contribution in [0.5, 0.6) is 0 Å². The highest BCUT2D eigenvalue weighted by Crippen LogP contribution is 2.23. The molecule has 0 saturated carbocycles. The standard InChI is InChI=1S/C13H13NO2/c1-8(13(15)16)7-11-9(2)14-12-6-4-3-5-10(11)12/h3-6,14H,1,7H2,2H3,(H,15,16). The summed E-state index contributed by atoms with van der Waals surface area (Å²) in [4.78, 5) is 14.0. The van der Waals surface area contributed by atoms with E-state index in [-0.39, 0.29) is 5.57 Å². The van der Waals surface area contributed by atoms with Crippen molar-refractivity contribution in [2.24, 2.45) is 0 Å². The van der Waals surface area contributed by atoms with Crippen LogP contribution in [-0.2, 0) is 11.2 Å². The molecule has 0 saturated heterocycles. The highest BCUT2D eigenvalue weighted by Gasteiger charge is 2.12. The third-order valence-corrected chi connectivity index (χ3v) is 2.72. The van der Waals surface area contributed by atoms with Crippen molar-refractivity contribution in [3.8, 4) is 0 Å². The molecule has 0 unspecified atom stereocenters. The Bertz CT molecular complexity index is 566. The molecule has 0 bridgehead atoms. The van der Waals surface area contributed by atoms with Crippen LogP contribution in [0.1, 0.15) is 11.3 Å². The first-order valence-electron chi connectivity index (χ1n) is 5.07. The Kier molecular flexibility index (Phi) is 2.52. The van der Waals surface area contributed by atoms with Gasteiger partial charge in [0.15, 0.2) is 0 Å². The third kappa shape index (κ3) is 1.72.